The normalized spacial score (nSPS) is 17.6. The molecule has 1 unspecified atom stereocenters. The molecule has 5 heteroatoms. The molecule has 0 heterocycles. The molecular weight excluding hydrogens is 264 g/mol. The van der Waals surface area contributed by atoms with Crippen LogP contribution in [0.4, 0.5) is 0 Å². The molecule has 0 aliphatic heterocycles. The second kappa shape index (κ2) is 5.80. The summed E-state index contributed by atoms with van der Waals surface area (Å²) in [6.45, 7) is 2.45. The van der Waals surface area contributed by atoms with Gasteiger partial charge in [-0.3, -0.25) is 4.79 Å². The molecule has 1 aliphatic rings. The third kappa shape index (κ3) is 3.61. The number of hydrogen-bond donors (Lipinski definition) is 2. The molecule has 4 nitrogen and oxygen atoms in total. The summed E-state index contributed by atoms with van der Waals surface area (Å²) in [5.41, 5.74) is 5.18. The smallest absolute Gasteiger partial charge is 0.240 e. The lowest BCUT2D eigenvalue weighted by atomic mass is 10.2. The highest BCUT2D eigenvalue weighted by molar-refractivity contribution is 6.32. The first-order chi connectivity index (χ1) is 9.05. The predicted octanol–water partition coefficient (Wildman–Crippen LogP) is 2.10. The van der Waals surface area contributed by atoms with Crippen molar-refractivity contribution in [3.63, 3.8) is 0 Å². The van der Waals surface area contributed by atoms with Crippen LogP contribution >= 0.6 is 11.6 Å². The maximum atomic E-state index is 11.7. The van der Waals surface area contributed by atoms with Crippen LogP contribution in [0.15, 0.2) is 24.3 Å². The van der Waals surface area contributed by atoms with E-state index in [4.69, 9.17) is 22.1 Å². The first kappa shape index (κ1) is 14.2. The van der Waals surface area contributed by atoms with Gasteiger partial charge in [0.15, 0.2) is 0 Å². The van der Waals surface area contributed by atoms with Crippen LogP contribution in [0.2, 0.25) is 5.02 Å². The molecule has 0 bridgehead atoms. The quantitative estimate of drug-likeness (QED) is 0.840. The lowest BCUT2D eigenvalue weighted by Gasteiger charge is -2.20. The molecule has 1 fully saturated rings. The number of rotatable bonds is 6. The molecule has 1 amide bonds. The van der Waals surface area contributed by atoms with E-state index in [1.165, 1.54) is 0 Å². The van der Waals surface area contributed by atoms with E-state index < -0.39 is 5.54 Å². The summed E-state index contributed by atoms with van der Waals surface area (Å²) in [5, 5.41) is 3.42. The van der Waals surface area contributed by atoms with Gasteiger partial charge in [0.25, 0.3) is 0 Å². The number of ether oxygens (including phenoxy) is 1. The summed E-state index contributed by atoms with van der Waals surface area (Å²) >= 11 is 6.04. The Morgan fingerprint density at radius 3 is 2.79 bits per heavy atom. The molecule has 0 radical (unpaired) electrons. The maximum Gasteiger partial charge on any atom is 0.240 e. The number of hydrogen-bond acceptors (Lipinski definition) is 3. The summed E-state index contributed by atoms with van der Waals surface area (Å²) in [6.07, 6.45) is 2.21. The molecule has 1 aliphatic carbocycles. The van der Waals surface area contributed by atoms with Gasteiger partial charge in [-0.15, -0.1) is 0 Å². The molecule has 3 N–H and O–H groups in total. The van der Waals surface area contributed by atoms with Gasteiger partial charge in [-0.05, 0) is 31.4 Å². The highest BCUT2D eigenvalue weighted by atomic mass is 35.5. The zero-order valence-electron chi connectivity index (χ0n) is 11.0. The average molecular weight is 283 g/mol. The zero-order chi connectivity index (χ0) is 13.9. The summed E-state index contributed by atoms with van der Waals surface area (Å²) in [5.74, 6) is 0.549. The van der Waals surface area contributed by atoms with E-state index in [-0.39, 0.29) is 12.0 Å². The van der Waals surface area contributed by atoms with Gasteiger partial charge >= 0.3 is 0 Å². The van der Waals surface area contributed by atoms with Crippen LogP contribution in [0.5, 0.6) is 5.75 Å². The van der Waals surface area contributed by atoms with Crippen molar-refractivity contribution in [1.29, 1.82) is 0 Å². The van der Waals surface area contributed by atoms with Gasteiger partial charge in [0.05, 0.1) is 17.1 Å². The van der Waals surface area contributed by atoms with E-state index >= 15 is 0 Å². The van der Waals surface area contributed by atoms with Gasteiger partial charge in [-0.1, -0.05) is 30.7 Å². The fourth-order valence-corrected chi connectivity index (χ4v) is 1.91. The van der Waals surface area contributed by atoms with Gasteiger partial charge in [0.2, 0.25) is 5.91 Å². The Labute approximate surface area is 118 Å². The predicted molar refractivity (Wildman–Crippen MR) is 75.3 cm³/mol. The molecule has 0 saturated heterocycles. The number of para-hydroxylation sites is 1. The van der Waals surface area contributed by atoms with Gasteiger partial charge in [0, 0.05) is 0 Å². The number of nitrogens with one attached hydrogen (secondary N) is 1. The lowest BCUT2D eigenvalue weighted by Crippen LogP contribution is -2.46. The number of amides is 1. The van der Waals surface area contributed by atoms with Crippen molar-refractivity contribution in [1.82, 2.24) is 5.32 Å². The second-order valence-corrected chi connectivity index (χ2v) is 5.35. The van der Waals surface area contributed by atoms with Crippen molar-refractivity contribution in [2.75, 3.05) is 6.54 Å². The fraction of sp³-hybridized carbons (Fsp3) is 0.500. The number of nitrogens with two attached hydrogens (primary N) is 1. The topological polar surface area (TPSA) is 64.4 Å². The Balaban J connectivity index is 1.87. The molecule has 0 aromatic heterocycles. The van der Waals surface area contributed by atoms with Gasteiger partial charge in [-0.2, -0.15) is 0 Å². The number of halogens is 1. The SMILES string of the molecule is CCC(CNC(=O)C1(N)CC1)Oc1ccccc1Cl. The van der Waals surface area contributed by atoms with Gasteiger partial charge < -0.3 is 15.8 Å². The van der Waals surface area contributed by atoms with E-state index in [1.54, 1.807) is 6.07 Å². The van der Waals surface area contributed by atoms with E-state index in [0.717, 1.165) is 19.3 Å². The van der Waals surface area contributed by atoms with E-state index in [9.17, 15) is 4.79 Å². The van der Waals surface area contributed by atoms with Crippen molar-refractivity contribution in [2.45, 2.75) is 37.8 Å². The van der Waals surface area contributed by atoms with Crippen molar-refractivity contribution < 1.29 is 9.53 Å². The largest absolute Gasteiger partial charge is 0.487 e. The Kier molecular flexibility index (Phi) is 4.32. The Morgan fingerprint density at radius 2 is 2.21 bits per heavy atom. The van der Waals surface area contributed by atoms with Crippen LogP contribution in [-0.2, 0) is 4.79 Å². The van der Waals surface area contributed by atoms with Crippen molar-refractivity contribution in [3.8, 4) is 5.75 Å². The number of carbonyl (C=O) groups excluding carboxylic acids is 1. The third-order valence-corrected chi connectivity index (χ3v) is 3.63. The molecule has 19 heavy (non-hydrogen) atoms. The highest BCUT2D eigenvalue weighted by Crippen LogP contribution is 2.32. The van der Waals surface area contributed by atoms with Crippen LogP contribution in [0.3, 0.4) is 0 Å². The zero-order valence-corrected chi connectivity index (χ0v) is 11.7. The minimum Gasteiger partial charge on any atom is -0.487 e. The monoisotopic (exact) mass is 282 g/mol. The molecule has 1 aromatic carbocycles. The minimum atomic E-state index is -0.636. The summed E-state index contributed by atoms with van der Waals surface area (Å²) in [4.78, 5) is 11.7. The minimum absolute atomic E-state index is 0.0892. The lowest BCUT2D eigenvalue weighted by molar-refractivity contribution is -0.123. The van der Waals surface area contributed by atoms with Crippen LogP contribution in [0.1, 0.15) is 26.2 Å². The third-order valence-electron chi connectivity index (χ3n) is 3.32. The van der Waals surface area contributed by atoms with Gasteiger partial charge in [-0.25, -0.2) is 0 Å². The standard InChI is InChI=1S/C14H19ClN2O2/c1-2-10(9-17-13(18)14(16)7-8-14)19-12-6-4-3-5-11(12)15/h3-6,10H,2,7-9,16H2,1H3,(H,17,18). The van der Waals surface area contributed by atoms with Crippen molar-refractivity contribution in [3.05, 3.63) is 29.3 Å². The molecule has 1 atom stereocenters. The first-order valence-electron chi connectivity index (χ1n) is 6.53. The second-order valence-electron chi connectivity index (χ2n) is 4.94. The summed E-state index contributed by atoms with van der Waals surface area (Å²) in [7, 11) is 0. The number of benzene rings is 1. The van der Waals surface area contributed by atoms with Crippen LogP contribution in [0, 0.1) is 0 Å². The molecule has 2 rings (SSSR count). The van der Waals surface area contributed by atoms with E-state index in [0.29, 0.717) is 17.3 Å². The van der Waals surface area contributed by atoms with Crippen LogP contribution in [0.25, 0.3) is 0 Å². The molecular formula is C14H19ClN2O2. The highest BCUT2D eigenvalue weighted by Gasteiger charge is 2.45. The average Bonchev–Trinajstić information content (AvgIpc) is 3.15. The molecule has 1 aromatic rings. The summed E-state index contributed by atoms with van der Waals surface area (Å²) in [6, 6.07) is 7.31. The molecule has 104 valence electrons. The molecule has 1 saturated carbocycles. The molecule has 0 spiro atoms. The fourth-order valence-electron chi connectivity index (χ4n) is 1.73. The Bertz CT molecular complexity index is 461. The first-order valence-corrected chi connectivity index (χ1v) is 6.91. The van der Waals surface area contributed by atoms with E-state index in [2.05, 4.69) is 5.32 Å². The van der Waals surface area contributed by atoms with Crippen molar-refractivity contribution in [2.24, 2.45) is 5.73 Å². The van der Waals surface area contributed by atoms with Crippen molar-refractivity contribution >= 4 is 17.5 Å². The van der Waals surface area contributed by atoms with Gasteiger partial charge in [0.1, 0.15) is 11.9 Å². The maximum absolute atomic E-state index is 11.7. The Hall–Kier alpha value is -1.26. The van der Waals surface area contributed by atoms with Crippen LogP contribution in [-0.4, -0.2) is 24.1 Å². The number of carbonyl (C=O) groups is 1. The van der Waals surface area contributed by atoms with Crippen LogP contribution < -0.4 is 15.8 Å². The van der Waals surface area contributed by atoms with E-state index in [1.807, 2.05) is 25.1 Å². The summed E-state index contributed by atoms with van der Waals surface area (Å²) < 4.78 is 5.79. The Morgan fingerprint density at radius 1 is 1.53 bits per heavy atom.